The molecule has 1 aromatic carbocycles. The summed E-state index contributed by atoms with van der Waals surface area (Å²) < 4.78 is 7.74. The highest BCUT2D eigenvalue weighted by atomic mass is 32.2. The molecule has 0 atom stereocenters. The van der Waals surface area contributed by atoms with Crippen LogP contribution in [0.2, 0.25) is 0 Å². The monoisotopic (exact) mass is 462 g/mol. The van der Waals surface area contributed by atoms with Crippen LogP contribution in [0.5, 0.6) is 0 Å². The zero-order valence-electron chi connectivity index (χ0n) is 18.8. The molecule has 9 nitrogen and oxygen atoms in total. The lowest BCUT2D eigenvalue weighted by Crippen LogP contribution is -2.29. The predicted octanol–water partition coefficient (Wildman–Crippen LogP) is 4.33. The molecule has 0 radical (unpaired) electrons. The first-order chi connectivity index (χ1) is 15.9. The smallest absolute Gasteiger partial charge is 0.175 e. The van der Waals surface area contributed by atoms with Crippen molar-refractivity contribution in [2.75, 3.05) is 18.8 Å². The van der Waals surface area contributed by atoms with E-state index in [0.717, 1.165) is 51.0 Å². The molecule has 0 aliphatic heterocycles. The van der Waals surface area contributed by atoms with Crippen LogP contribution in [0.3, 0.4) is 0 Å². The molecule has 4 aromatic heterocycles. The number of imidazole rings is 1. The maximum absolute atomic E-state index is 6.13. The number of hydrogen-bond acceptors (Lipinski definition) is 8. The summed E-state index contributed by atoms with van der Waals surface area (Å²) in [6, 6.07) is 8.03. The summed E-state index contributed by atoms with van der Waals surface area (Å²) in [6.07, 6.45) is 4.92. The molecule has 0 spiro atoms. The van der Waals surface area contributed by atoms with Gasteiger partial charge in [0, 0.05) is 41.7 Å². The first kappa shape index (κ1) is 21.5. The highest BCUT2D eigenvalue weighted by Crippen LogP contribution is 2.39. The Bertz CT molecular complexity index is 1400. The molecule has 0 fully saturated rings. The lowest BCUT2D eigenvalue weighted by atomic mass is 9.97. The van der Waals surface area contributed by atoms with Gasteiger partial charge in [0.05, 0.1) is 12.0 Å². The Morgan fingerprint density at radius 1 is 1.21 bits per heavy atom. The quantitative estimate of drug-likeness (QED) is 0.305. The van der Waals surface area contributed by atoms with E-state index in [9.17, 15) is 0 Å². The van der Waals surface area contributed by atoms with E-state index in [4.69, 9.17) is 15.1 Å². The Balaban J connectivity index is 1.54. The van der Waals surface area contributed by atoms with Gasteiger partial charge in [-0.1, -0.05) is 32.5 Å². The SMILES string of the molecule is CC(C)(C)CNCCn1c(Sc2cc3ccoc3cc2-c2ccn[nH]2)nc2c(N)ncnc21. The molecule has 170 valence electrons. The summed E-state index contributed by atoms with van der Waals surface area (Å²) in [7, 11) is 0. The number of H-pyrrole nitrogens is 1. The van der Waals surface area contributed by atoms with Crippen molar-refractivity contribution in [2.45, 2.75) is 37.4 Å². The van der Waals surface area contributed by atoms with Crippen LogP contribution in [0.1, 0.15) is 20.8 Å². The minimum absolute atomic E-state index is 0.208. The van der Waals surface area contributed by atoms with Crippen molar-refractivity contribution in [3.8, 4) is 11.3 Å². The molecular formula is C23H26N8OS. The Morgan fingerprint density at radius 2 is 2.09 bits per heavy atom. The van der Waals surface area contributed by atoms with E-state index in [1.165, 1.54) is 6.33 Å². The normalized spacial score (nSPS) is 12.2. The topological polar surface area (TPSA) is 123 Å². The average molecular weight is 463 g/mol. The Morgan fingerprint density at radius 3 is 2.88 bits per heavy atom. The molecule has 33 heavy (non-hydrogen) atoms. The summed E-state index contributed by atoms with van der Waals surface area (Å²) in [5, 5.41) is 12.5. The molecule has 4 heterocycles. The largest absolute Gasteiger partial charge is 0.464 e. The van der Waals surface area contributed by atoms with Gasteiger partial charge in [-0.05, 0) is 29.7 Å². The standard InChI is InChI=1S/C23H26N8OS/c1-23(2,3)12-25-7-8-31-21-19(20(24)26-13-27-21)29-22(31)33-18-10-14-5-9-32-17(14)11-15(18)16-4-6-28-30-16/h4-6,9-11,13,25H,7-8,12H2,1-3H3,(H,28,30)(H2,24,26,27). The number of nitrogens with one attached hydrogen (secondary N) is 2. The number of nitrogens with two attached hydrogens (primary N) is 1. The zero-order valence-corrected chi connectivity index (χ0v) is 19.6. The second-order valence-electron chi connectivity index (χ2n) is 9.09. The lowest BCUT2D eigenvalue weighted by Gasteiger charge is -2.19. The first-order valence-electron chi connectivity index (χ1n) is 10.8. The minimum atomic E-state index is 0.208. The van der Waals surface area contributed by atoms with Crippen LogP contribution in [-0.4, -0.2) is 42.8 Å². The number of aromatic amines is 1. The molecule has 0 aliphatic rings. The third kappa shape index (κ3) is 4.44. The van der Waals surface area contributed by atoms with Gasteiger partial charge < -0.3 is 20.0 Å². The molecule has 0 bridgehead atoms. The van der Waals surface area contributed by atoms with Crippen LogP contribution >= 0.6 is 11.8 Å². The highest BCUT2D eigenvalue weighted by molar-refractivity contribution is 7.99. The number of hydrogen-bond donors (Lipinski definition) is 3. The summed E-state index contributed by atoms with van der Waals surface area (Å²) in [5.41, 5.74) is 10.4. The summed E-state index contributed by atoms with van der Waals surface area (Å²) in [6.45, 7) is 9.05. The van der Waals surface area contributed by atoms with Gasteiger partial charge in [-0.25, -0.2) is 15.0 Å². The molecule has 0 unspecified atom stereocenters. The molecule has 0 saturated heterocycles. The molecule has 5 aromatic rings. The number of nitrogens with zero attached hydrogens (tertiary/aromatic N) is 5. The Kier molecular flexibility index (Phi) is 5.55. The Hall–Kier alpha value is -3.37. The van der Waals surface area contributed by atoms with E-state index in [0.29, 0.717) is 17.9 Å². The van der Waals surface area contributed by atoms with E-state index in [1.807, 2.05) is 18.2 Å². The number of rotatable bonds is 7. The maximum Gasteiger partial charge on any atom is 0.175 e. The number of furan rings is 1. The van der Waals surface area contributed by atoms with Gasteiger partial charge in [-0.2, -0.15) is 5.10 Å². The van der Waals surface area contributed by atoms with Crippen LogP contribution in [0.25, 0.3) is 33.4 Å². The van der Waals surface area contributed by atoms with Crippen molar-refractivity contribution < 1.29 is 4.42 Å². The van der Waals surface area contributed by atoms with Gasteiger partial charge in [-0.15, -0.1) is 0 Å². The molecule has 5 rings (SSSR count). The van der Waals surface area contributed by atoms with Gasteiger partial charge >= 0.3 is 0 Å². The number of nitrogen functional groups attached to an aromatic ring is 1. The third-order valence-corrected chi connectivity index (χ3v) is 6.29. The fraction of sp³-hybridized carbons (Fsp3) is 0.304. The van der Waals surface area contributed by atoms with Crippen LogP contribution in [0, 0.1) is 5.41 Å². The molecule has 0 aliphatic carbocycles. The number of anilines is 1. The van der Waals surface area contributed by atoms with E-state index < -0.39 is 0 Å². The van der Waals surface area contributed by atoms with E-state index in [2.05, 4.69) is 56.9 Å². The van der Waals surface area contributed by atoms with E-state index in [-0.39, 0.29) is 5.41 Å². The van der Waals surface area contributed by atoms with E-state index >= 15 is 0 Å². The minimum Gasteiger partial charge on any atom is -0.464 e. The summed E-state index contributed by atoms with van der Waals surface area (Å²) in [5.74, 6) is 0.377. The van der Waals surface area contributed by atoms with Crippen LogP contribution in [0.4, 0.5) is 5.82 Å². The predicted molar refractivity (Wildman–Crippen MR) is 130 cm³/mol. The van der Waals surface area contributed by atoms with Gasteiger partial charge in [0.1, 0.15) is 11.9 Å². The Labute approximate surface area is 195 Å². The van der Waals surface area contributed by atoms with Crippen LogP contribution < -0.4 is 11.1 Å². The third-order valence-electron chi connectivity index (χ3n) is 5.24. The second-order valence-corrected chi connectivity index (χ2v) is 10.1. The summed E-state index contributed by atoms with van der Waals surface area (Å²) in [4.78, 5) is 14.5. The molecule has 4 N–H and O–H groups in total. The van der Waals surface area contributed by atoms with Crippen molar-refractivity contribution in [1.82, 2.24) is 35.0 Å². The second kappa shape index (κ2) is 8.53. The van der Waals surface area contributed by atoms with Gasteiger partial charge in [-0.3, -0.25) is 5.10 Å². The van der Waals surface area contributed by atoms with Crippen molar-refractivity contribution >= 4 is 39.7 Å². The average Bonchev–Trinajstić information content (AvgIpc) is 3.51. The van der Waals surface area contributed by atoms with Gasteiger partial charge in [0.15, 0.2) is 22.1 Å². The van der Waals surface area contributed by atoms with E-state index in [1.54, 1.807) is 24.2 Å². The maximum atomic E-state index is 6.13. The molecular weight excluding hydrogens is 436 g/mol. The highest BCUT2D eigenvalue weighted by Gasteiger charge is 2.19. The first-order valence-corrected chi connectivity index (χ1v) is 11.6. The summed E-state index contributed by atoms with van der Waals surface area (Å²) >= 11 is 1.57. The zero-order chi connectivity index (χ0) is 23.0. The van der Waals surface area contributed by atoms with Crippen LogP contribution in [0.15, 0.2) is 57.5 Å². The van der Waals surface area contributed by atoms with Crippen molar-refractivity contribution in [3.63, 3.8) is 0 Å². The fourth-order valence-corrected chi connectivity index (χ4v) is 4.74. The van der Waals surface area contributed by atoms with Crippen molar-refractivity contribution in [1.29, 1.82) is 0 Å². The van der Waals surface area contributed by atoms with Gasteiger partial charge in [0.25, 0.3) is 0 Å². The van der Waals surface area contributed by atoms with Gasteiger partial charge in [0.2, 0.25) is 0 Å². The fourth-order valence-electron chi connectivity index (χ4n) is 3.66. The van der Waals surface area contributed by atoms with Crippen LogP contribution in [-0.2, 0) is 6.54 Å². The van der Waals surface area contributed by atoms with Crippen molar-refractivity contribution in [3.05, 3.63) is 43.1 Å². The molecule has 0 saturated carbocycles. The number of aromatic nitrogens is 6. The number of fused-ring (bicyclic) bond motifs is 2. The molecule has 10 heteroatoms. The molecule has 0 amide bonds. The lowest BCUT2D eigenvalue weighted by molar-refractivity contribution is 0.375. The van der Waals surface area contributed by atoms with Crippen molar-refractivity contribution in [2.24, 2.45) is 5.41 Å². The number of benzene rings is 1.